The van der Waals surface area contributed by atoms with Gasteiger partial charge >= 0.3 is 0 Å². The highest BCUT2D eigenvalue weighted by atomic mass is 16.5. The van der Waals surface area contributed by atoms with Crippen LogP contribution in [0.3, 0.4) is 0 Å². The molecule has 7 heteroatoms. The standard InChI is InChI=1S/C30H34N4O3/c1-21-4-13-27(22(2)18-21)23-5-9-25(10-6-23)34-19-28(37-30(34)31)24-7-11-26(12-8-24)36-20-29(35)33-16-14-32(3)15-17-33/h4-13,18,28,31H,14-17,19-20H2,1-3H3/t28-/m0/s1. The van der Waals surface area contributed by atoms with E-state index in [9.17, 15) is 4.79 Å². The average Bonchev–Trinajstić information content (AvgIpc) is 3.29. The molecule has 0 saturated carbocycles. The van der Waals surface area contributed by atoms with Gasteiger partial charge in [-0.2, -0.15) is 0 Å². The van der Waals surface area contributed by atoms with Gasteiger partial charge in [0.25, 0.3) is 11.9 Å². The van der Waals surface area contributed by atoms with E-state index in [1.807, 2.05) is 46.2 Å². The molecular formula is C30H34N4O3. The molecule has 2 aliphatic heterocycles. The van der Waals surface area contributed by atoms with Gasteiger partial charge in [0.15, 0.2) is 6.61 Å². The predicted octanol–water partition coefficient (Wildman–Crippen LogP) is 4.64. The lowest BCUT2D eigenvalue weighted by Crippen LogP contribution is -2.48. The van der Waals surface area contributed by atoms with E-state index in [2.05, 4.69) is 56.1 Å². The number of hydrogen-bond donors (Lipinski definition) is 1. The number of anilines is 1. The van der Waals surface area contributed by atoms with Gasteiger partial charge in [0, 0.05) is 31.9 Å². The molecule has 2 saturated heterocycles. The second kappa shape index (κ2) is 10.6. The molecular weight excluding hydrogens is 464 g/mol. The Morgan fingerprint density at radius 2 is 1.68 bits per heavy atom. The van der Waals surface area contributed by atoms with Crippen LogP contribution in [0.1, 0.15) is 22.8 Å². The van der Waals surface area contributed by atoms with Crippen LogP contribution in [0.15, 0.2) is 66.7 Å². The lowest BCUT2D eigenvalue weighted by molar-refractivity contribution is -0.134. The average molecular weight is 499 g/mol. The van der Waals surface area contributed by atoms with Gasteiger partial charge in [0.2, 0.25) is 0 Å². The Bertz CT molecular complexity index is 1260. The Hall–Kier alpha value is -3.84. The first-order valence-corrected chi connectivity index (χ1v) is 12.8. The molecule has 5 rings (SSSR count). The van der Waals surface area contributed by atoms with E-state index >= 15 is 0 Å². The van der Waals surface area contributed by atoms with Crippen molar-refractivity contribution < 1.29 is 14.3 Å². The molecule has 0 aliphatic carbocycles. The second-order valence-electron chi connectivity index (χ2n) is 9.93. The third-order valence-corrected chi connectivity index (χ3v) is 7.19. The summed E-state index contributed by atoms with van der Waals surface area (Å²) in [6, 6.07) is 22.5. The minimum absolute atomic E-state index is 0.0175. The summed E-state index contributed by atoms with van der Waals surface area (Å²) >= 11 is 0. The molecule has 0 spiro atoms. The van der Waals surface area contributed by atoms with Crippen LogP contribution in [0.4, 0.5) is 5.69 Å². The molecule has 2 heterocycles. The summed E-state index contributed by atoms with van der Waals surface area (Å²) in [6.07, 6.45) is -0.243. The lowest BCUT2D eigenvalue weighted by Gasteiger charge is -2.32. The van der Waals surface area contributed by atoms with Crippen LogP contribution >= 0.6 is 0 Å². The maximum absolute atomic E-state index is 12.4. The van der Waals surface area contributed by atoms with Gasteiger partial charge < -0.3 is 19.3 Å². The zero-order valence-electron chi connectivity index (χ0n) is 21.7. The number of ether oxygens (including phenoxy) is 2. The van der Waals surface area contributed by atoms with Gasteiger partial charge in [-0.15, -0.1) is 0 Å². The Labute approximate surface area is 218 Å². The van der Waals surface area contributed by atoms with E-state index in [1.165, 1.54) is 16.7 Å². The highest BCUT2D eigenvalue weighted by Crippen LogP contribution is 2.32. The number of amidine groups is 1. The largest absolute Gasteiger partial charge is 0.484 e. The molecule has 37 heavy (non-hydrogen) atoms. The van der Waals surface area contributed by atoms with Crippen molar-refractivity contribution in [3.05, 3.63) is 83.4 Å². The molecule has 0 bridgehead atoms. The summed E-state index contributed by atoms with van der Waals surface area (Å²) in [5.41, 5.74) is 6.79. The molecule has 7 nitrogen and oxygen atoms in total. The molecule has 1 atom stereocenters. The first kappa shape index (κ1) is 24.8. The van der Waals surface area contributed by atoms with Crippen molar-refractivity contribution in [2.75, 3.05) is 51.3 Å². The fourth-order valence-corrected chi connectivity index (χ4v) is 4.91. The van der Waals surface area contributed by atoms with E-state index in [0.717, 1.165) is 43.0 Å². The number of nitrogens with one attached hydrogen (secondary N) is 1. The summed E-state index contributed by atoms with van der Waals surface area (Å²) in [6.45, 7) is 8.11. The fourth-order valence-electron chi connectivity index (χ4n) is 4.91. The normalized spacial score (nSPS) is 18.1. The van der Waals surface area contributed by atoms with E-state index < -0.39 is 0 Å². The Morgan fingerprint density at radius 3 is 2.35 bits per heavy atom. The van der Waals surface area contributed by atoms with Gasteiger partial charge in [-0.1, -0.05) is 48.0 Å². The van der Waals surface area contributed by atoms with E-state index in [0.29, 0.717) is 12.3 Å². The molecule has 2 fully saturated rings. The summed E-state index contributed by atoms with van der Waals surface area (Å²) in [7, 11) is 2.07. The number of hydrogen-bond acceptors (Lipinski definition) is 5. The fraction of sp³-hybridized carbons (Fsp3) is 0.333. The molecule has 1 N–H and O–H groups in total. The van der Waals surface area contributed by atoms with Crippen LogP contribution in [0.25, 0.3) is 11.1 Å². The monoisotopic (exact) mass is 498 g/mol. The lowest BCUT2D eigenvalue weighted by atomic mass is 9.98. The third kappa shape index (κ3) is 5.62. The molecule has 0 unspecified atom stereocenters. The molecule has 1 amide bonds. The van der Waals surface area contributed by atoms with E-state index in [4.69, 9.17) is 14.9 Å². The zero-order chi connectivity index (χ0) is 25.9. The number of carbonyl (C=O) groups is 1. The first-order chi connectivity index (χ1) is 17.9. The van der Waals surface area contributed by atoms with Crippen LogP contribution in [-0.2, 0) is 9.53 Å². The Kier molecular flexibility index (Phi) is 7.15. The van der Waals surface area contributed by atoms with Gasteiger partial charge in [0.05, 0.1) is 6.54 Å². The number of piperazine rings is 1. The number of aryl methyl sites for hydroxylation is 2. The van der Waals surface area contributed by atoms with E-state index in [1.54, 1.807) is 0 Å². The van der Waals surface area contributed by atoms with Crippen molar-refractivity contribution in [2.45, 2.75) is 20.0 Å². The van der Waals surface area contributed by atoms with Gasteiger partial charge in [-0.05, 0) is 67.4 Å². The third-order valence-electron chi connectivity index (χ3n) is 7.19. The number of rotatable bonds is 6. The molecule has 3 aromatic carbocycles. The second-order valence-corrected chi connectivity index (χ2v) is 9.93. The number of carbonyl (C=O) groups excluding carboxylic acids is 1. The Morgan fingerprint density at radius 1 is 0.973 bits per heavy atom. The number of benzene rings is 3. The smallest absolute Gasteiger partial charge is 0.289 e. The minimum Gasteiger partial charge on any atom is -0.484 e. The maximum atomic E-state index is 12.4. The number of likely N-dealkylation sites (N-methyl/N-ethyl adjacent to an activating group) is 1. The quantitative estimate of drug-likeness (QED) is 0.537. The van der Waals surface area contributed by atoms with Crippen molar-refractivity contribution in [3.8, 4) is 16.9 Å². The van der Waals surface area contributed by atoms with Crippen molar-refractivity contribution in [1.29, 1.82) is 5.41 Å². The van der Waals surface area contributed by atoms with Crippen molar-refractivity contribution >= 4 is 17.6 Å². The molecule has 2 aliphatic rings. The van der Waals surface area contributed by atoms with E-state index in [-0.39, 0.29) is 24.6 Å². The number of amides is 1. The molecule has 3 aromatic rings. The van der Waals surface area contributed by atoms with Crippen LogP contribution in [0.5, 0.6) is 5.75 Å². The summed E-state index contributed by atoms with van der Waals surface area (Å²) in [5, 5.41) is 8.40. The van der Waals surface area contributed by atoms with Crippen LogP contribution in [0, 0.1) is 19.3 Å². The van der Waals surface area contributed by atoms with Gasteiger partial charge in [-0.25, -0.2) is 0 Å². The highest BCUT2D eigenvalue weighted by molar-refractivity contribution is 5.92. The first-order valence-electron chi connectivity index (χ1n) is 12.8. The summed E-state index contributed by atoms with van der Waals surface area (Å²) in [4.78, 5) is 18.4. The van der Waals surface area contributed by atoms with Crippen LogP contribution in [-0.4, -0.2) is 68.1 Å². The summed E-state index contributed by atoms with van der Waals surface area (Å²) < 4.78 is 11.6. The van der Waals surface area contributed by atoms with Crippen molar-refractivity contribution in [2.24, 2.45) is 0 Å². The van der Waals surface area contributed by atoms with Crippen molar-refractivity contribution in [1.82, 2.24) is 9.80 Å². The highest BCUT2D eigenvalue weighted by Gasteiger charge is 2.31. The SMILES string of the molecule is Cc1ccc(-c2ccc(N3C[C@@H](c4ccc(OCC(=O)N5CCN(C)CC5)cc4)OC3=N)cc2)c(C)c1. The van der Waals surface area contributed by atoms with Crippen LogP contribution < -0.4 is 9.64 Å². The maximum Gasteiger partial charge on any atom is 0.289 e. The minimum atomic E-state index is -0.243. The molecule has 0 aromatic heterocycles. The summed E-state index contributed by atoms with van der Waals surface area (Å²) in [5.74, 6) is 0.669. The van der Waals surface area contributed by atoms with Gasteiger partial charge in [-0.3, -0.25) is 15.1 Å². The topological polar surface area (TPSA) is 69.1 Å². The molecule has 0 radical (unpaired) electrons. The predicted molar refractivity (Wildman–Crippen MR) is 146 cm³/mol. The van der Waals surface area contributed by atoms with Gasteiger partial charge in [0.1, 0.15) is 11.9 Å². The number of nitrogens with zero attached hydrogens (tertiary/aromatic N) is 3. The Balaban J connectivity index is 1.18. The van der Waals surface area contributed by atoms with Crippen molar-refractivity contribution in [3.63, 3.8) is 0 Å². The zero-order valence-corrected chi connectivity index (χ0v) is 21.7. The molecule has 192 valence electrons. The van der Waals surface area contributed by atoms with Crippen LogP contribution in [0.2, 0.25) is 0 Å².